The van der Waals surface area contributed by atoms with Crippen LogP contribution < -0.4 is 10.1 Å². The van der Waals surface area contributed by atoms with Gasteiger partial charge >= 0.3 is 0 Å². The Labute approximate surface area is 120 Å². The minimum atomic E-state index is 0.119. The van der Waals surface area contributed by atoms with Gasteiger partial charge in [0.1, 0.15) is 11.5 Å². The van der Waals surface area contributed by atoms with E-state index in [1.54, 1.807) is 19.2 Å². The zero-order valence-corrected chi connectivity index (χ0v) is 12.4. The van der Waals surface area contributed by atoms with Crippen molar-refractivity contribution in [1.29, 1.82) is 0 Å². The number of hydrogen-bond donors (Lipinski definition) is 2. The van der Waals surface area contributed by atoms with Gasteiger partial charge in [-0.3, -0.25) is 0 Å². The van der Waals surface area contributed by atoms with Crippen LogP contribution in [0.25, 0.3) is 0 Å². The molecule has 20 heavy (non-hydrogen) atoms. The van der Waals surface area contributed by atoms with Crippen molar-refractivity contribution in [2.75, 3.05) is 12.4 Å². The van der Waals surface area contributed by atoms with Crippen molar-refractivity contribution in [3.63, 3.8) is 0 Å². The maximum absolute atomic E-state index is 9.45. The van der Waals surface area contributed by atoms with Crippen molar-refractivity contribution in [2.45, 2.75) is 26.8 Å². The van der Waals surface area contributed by atoms with Crippen molar-refractivity contribution in [3.05, 3.63) is 53.1 Å². The summed E-state index contributed by atoms with van der Waals surface area (Å²) in [7, 11) is 1.69. The summed E-state index contributed by atoms with van der Waals surface area (Å²) in [5.74, 6) is 1.18. The van der Waals surface area contributed by atoms with Crippen LogP contribution in [0.2, 0.25) is 0 Å². The van der Waals surface area contributed by atoms with Crippen LogP contribution in [-0.2, 0) is 0 Å². The van der Waals surface area contributed by atoms with E-state index < -0.39 is 0 Å². The van der Waals surface area contributed by atoms with Gasteiger partial charge in [-0.2, -0.15) is 0 Å². The number of rotatable bonds is 4. The maximum atomic E-state index is 9.45. The number of methoxy groups -OCH3 is 1. The van der Waals surface area contributed by atoms with Crippen LogP contribution in [0.3, 0.4) is 0 Å². The molecule has 2 rings (SSSR count). The predicted molar refractivity (Wildman–Crippen MR) is 82.6 cm³/mol. The molecule has 0 saturated heterocycles. The molecule has 0 bridgehead atoms. The molecule has 106 valence electrons. The average Bonchev–Trinajstić information content (AvgIpc) is 2.41. The van der Waals surface area contributed by atoms with Crippen LogP contribution in [-0.4, -0.2) is 12.2 Å². The Balaban J connectivity index is 2.25. The van der Waals surface area contributed by atoms with Crippen molar-refractivity contribution in [3.8, 4) is 11.5 Å². The largest absolute Gasteiger partial charge is 0.508 e. The molecule has 2 N–H and O–H groups in total. The topological polar surface area (TPSA) is 41.5 Å². The normalized spacial score (nSPS) is 12.0. The first-order chi connectivity index (χ1) is 9.51. The summed E-state index contributed by atoms with van der Waals surface area (Å²) in [4.78, 5) is 0. The van der Waals surface area contributed by atoms with Gasteiger partial charge in [-0.25, -0.2) is 0 Å². The second-order valence-corrected chi connectivity index (χ2v) is 5.11. The lowest BCUT2D eigenvalue weighted by Crippen LogP contribution is -2.09. The second kappa shape index (κ2) is 5.87. The molecule has 2 aromatic rings. The number of hydrogen-bond acceptors (Lipinski definition) is 3. The van der Waals surface area contributed by atoms with E-state index >= 15 is 0 Å². The highest BCUT2D eigenvalue weighted by Crippen LogP contribution is 2.30. The Hall–Kier alpha value is -2.16. The quantitative estimate of drug-likeness (QED) is 0.819. The minimum Gasteiger partial charge on any atom is -0.508 e. The van der Waals surface area contributed by atoms with E-state index in [1.807, 2.05) is 19.1 Å². The van der Waals surface area contributed by atoms with E-state index in [0.717, 1.165) is 22.6 Å². The van der Waals surface area contributed by atoms with Gasteiger partial charge in [-0.05, 0) is 56.2 Å². The smallest absolute Gasteiger partial charge is 0.124 e. The van der Waals surface area contributed by atoms with E-state index in [-0.39, 0.29) is 11.8 Å². The first-order valence-electron chi connectivity index (χ1n) is 6.72. The SMILES string of the molecule is COc1cc(C)ccc1C(C)Nc1ccc(O)cc1C. The third-order valence-corrected chi connectivity index (χ3v) is 3.44. The number of phenolic OH excluding ortho intramolecular Hbond substituents is 1. The molecule has 2 aromatic carbocycles. The summed E-state index contributed by atoms with van der Waals surface area (Å²) in [6.07, 6.45) is 0. The molecule has 0 aliphatic rings. The molecule has 0 aliphatic carbocycles. The summed E-state index contributed by atoms with van der Waals surface area (Å²) in [5.41, 5.74) is 4.32. The van der Waals surface area contributed by atoms with Crippen LogP contribution in [0, 0.1) is 13.8 Å². The molecule has 0 fully saturated rings. The van der Waals surface area contributed by atoms with Crippen LogP contribution in [0.5, 0.6) is 11.5 Å². The fourth-order valence-corrected chi connectivity index (χ4v) is 2.30. The number of aryl methyl sites for hydroxylation is 2. The van der Waals surface area contributed by atoms with Crippen molar-refractivity contribution in [2.24, 2.45) is 0 Å². The highest BCUT2D eigenvalue weighted by molar-refractivity contribution is 5.55. The van der Waals surface area contributed by atoms with Gasteiger partial charge in [0.15, 0.2) is 0 Å². The summed E-state index contributed by atoms with van der Waals surface area (Å²) in [6, 6.07) is 11.7. The number of nitrogens with one attached hydrogen (secondary N) is 1. The van der Waals surface area contributed by atoms with E-state index in [2.05, 4.69) is 31.3 Å². The summed E-state index contributed by atoms with van der Waals surface area (Å²) in [5, 5.41) is 12.9. The highest BCUT2D eigenvalue weighted by atomic mass is 16.5. The van der Waals surface area contributed by atoms with Gasteiger partial charge in [0, 0.05) is 11.3 Å². The number of phenols is 1. The fourth-order valence-electron chi connectivity index (χ4n) is 2.30. The molecule has 1 unspecified atom stereocenters. The maximum Gasteiger partial charge on any atom is 0.124 e. The highest BCUT2D eigenvalue weighted by Gasteiger charge is 2.12. The molecule has 0 amide bonds. The lowest BCUT2D eigenvalue weighted by molar-refractivity contribution is 0.407. The average molecular weight is 271 g/mol. The molecule has 0 aliphatic heterocycles. The third-order valence-electron chi connectivity index (χ3n) is 3.44. The van der Waals surface area contributed by atoms with Crippen molar-refractivity contribution < 1.29 is 9.84 Å². The predicted octanol–water partition coefficient (Wildman–Crippen LogP) is 4.19. The summed E-state index contributed by atoms with van der Waals surface area (Å²) in [6.45, 7) is 6.12. The number of ether oxygens (including phenoxy) is 1. The monoisotopic (exact) mass is 271 g/mol. The van der Waals surface area contributed by atoms with E-state index in [4.69, 9.17) is 4.74 Å². The summed E-state index contributed by atoms with van der Waals surface area (Å²) < 4.78 is 5.45. The molecule has 0 radical (unpaired) electrons. The Morgan fingerprint density at radius 2 is 1.85 bits per heavy atom. The third kappa shape index (κ3) is 3.05. The molecule has 3 heteroatoms. The van der Waals surface area contributed by atoms with Crippen LogP contribution in [0.4, 0.5) is 5.69 Å². The number of anilines is 1. The van der Waals surface area contributed by atoms with Crippen LogP contribution in [0.1, 0.15) is 29.7 Å². The van der Waals surface area contributed by atoms with Crippen molar-refractivity contribution >= 4 is 5.69 Å². The van der Waals surface area contributed by atoms with E-state index in [9.17, 15) is 5.11 Å². The zero-order chi connectivity index (χ0) is 14.7. The molecule has 0 aromatic heterocycles. The van der Waals surface area contributed by atoms with Gasteiger partial charge in [-0.1, -0.05) is 12.1 Å². The molecule has 0 spiro atoms. The van der Waals surface area contributed by atoms with Gasteiger partial charge in [-0.15, -0.1) is 0 Å². The van der Waals surface area contributed by atoms with Crippen molar-refractivity contribution in [1.82, 2.24) is 0 Å². The van der Waals surface area contributed by atoms with Gasteiger partial charge in [0.25, 0.3) is 0 Å². The van der Waals surface area contributed by atoms with Crippen LogP contribution >= 0.6 is 0 Å². The second-order valence-electron chi connectivity index (χ2n) is 5.11. The molecule has 0 saturated carbocycles. The molecular weight excluding hydrogens is 250 g/mol. The fraction of sp³-hybridized carbons (Fsp3) is 0.294. The molecule has 0 heterocycles. The minimum absolute atomic E-state index is 0.119. The zero-order valence-electron chi connectivity index (χ0n) is 12.4. The standard InChI is InChI=1S/C17H21NO2/c1-11-5-7-15(17(9-11)20-4)13(3)18-16-8-6-14(19)10-12(16)2/h5-10,13,18-19H,1-4H3. The first-order valence-corrected chi connectivity index (χ1v) is 6.72. The van der Waals surface area contributed by atoms with Gasteiger partial charge in [0.2, 0.25) is 0 Å². The van der Waals surface area contributed by atoms with E-state index in [0.29, 0.717) is 0 Å². The number of benzene rings is 2. The molecular formula is C17H21NO2. The Morgan fingerprint density at radius 3 is 2.50 bits per heavy atom. The van der Waals surface area contributed by atoms with Crippen LogP contribution in [0.15, 0.2) is 36.4 Å². The molecule has 3 nitrogen and oxygen atoms in total. The van der Waals surface area contributed by atoms with Gasteiger partial charge in [0.05, 0.1) is 13.2 Å². The lowest BCUT2D eigenvalue weighted by atomic mass is 10.0. The van der Waals surface area contributed by atoms with Gasteiger partial charge < -0.3 is 15.2 Å². The Morgan fingerprint density at radius 1 is 1.10 bits per heavy atom. The first kappa shape index (κ1) is 14.3. The Kier molecular flexibility index (Phi) is 4.18. The summed E-state index contributed by atoms with van der Waals surface area (Å²) >= 11 is 0. The number of aromatic hydroxyl groups is 1. The molecule has 1 atom stereocenters. The lowest BCUT2D eigenvalue weighted by Gasteiger charge is -2.20. The van der Waals surface area contributed by atoms with E-state index in [1.165, 1.54) is 5.56 Å². The Bertz CT molecular complexity index is 608.